The second-order valence-corrected chi connectivity index (χ2v) is 9.28. The van der Waals surface area contributed by atoms with E-state index in [4.69, 9.17) is 18.7 Å². The van der Waals surface area contributed by atoms with Crippen LogP contribution in [0.25, 0.3) is 0 Å². The molecule has 1 unspecified atom stereocenters. The fraction of sp³-hybridized carbons (Fsp3) is 0.444. The summed E-state index contributed by atoms with van der Waals surface area (Å²) in [5.41, 5.74) is 1.28. The topological polar surface area (TPSA) is 90.2 Å². The molecule has 36 heavy (non-hydrogen) atoms. The number of anilines is 1. The van der Waals surface area contributed by atoms with Crippen molar-refractivity contribution in [3.8, 4) is 11.5 Å². The van der Waals surface area contributed by atoms with Gasteiger partial charge in [0.1, 0.15) is 17.1 Å². The average Bonchev–Trinajstić information content (AvgIpc) is 3.56. The number of benzene rings is 2. The number of carbonyl (C=O) groups excluding carboxylic acids is 1. The molecule has 3 aromatic rings. The third kappa shape index (κ3) is 4.68. The van der Waals surface area contributed by atoms with Crippen molar-refractivity contribution in [1.82, 2.24) is 15.0 Å². The molecule has 0 spiro atoms. The van der Waals surface area contributed by atoms with Gasteiger partial charge in [-0.05, 0) is 24.8 Å². The summed E-state index contributed by atoms with van der Waals surface area (Å²) < 4.78 is 22.4. The van der Waals surface area contributed by atoms with E-state index < -0.39 is 5.60 Å². The third-order valence-corrected chi connectivity index (χ3v) is 7.33. The van der Waals surface area contributed by atoms with Gasteiger partial charge in [0.25, 0.3) is 5.89 Å². The van der Waals surface area contributed by atoms with Gasteiger partial charge in [0.2, 0.25) is 5.91 Å². The highest BCUT2D eigenvalue weighted by atomic mass is 16.5. The van der Waals surface area contributed by atoms with Crippen LogP contribution >= 0.6 is 0 Å². The number of hydrogen-bond donors (Lipinski definition) is 0. The molecule has 9 heteroatoms. The highest BCUT2D eigenvalue weighted by Gasteiger charge is 2.45. The van der Waals surface area contributed by atoms with Crippen LogP contribution < -0.4 is 14.4 Å². The molecule has 2 fully saturated rings. The van der Waals surface area contributed by atoms with Crippen LogP contribution in [0.15, 0.2) is 53.1 Å². The first-order valence-electron chi connectivity index (χ1n) is 12.3. The Morgan fingerprint density at radius 2 is 1.69 bits per heavy atom. The van der Waals surface area contributed by atoms with E-state index in [1.54, 1.807) is 27.4 Å². The molecule has 0 bridgehead atoms. The zero-order chi connectivity index (χ0) is 25.1. The van der Waals surface area contributed by atoms with E-state index in [0.717, 1.165) is 17.7 Å². The Morgan fingerprint density at radius 3 is 2.33 bits per heavy atom. The molecule has 2 aliphatic rings. The number of aromatic nitrogens is 2. The molecule has 3 heterocycles. The molecule has 5 rings (SSSR count). The van der Waals surface area contributed by atoms with Crippen molar-refractivity contribution >= 4 is 11.6 Å². The van der Waals surface area contributed by atoms with Crippen molar-refractivity contribution in [2.24, 2.45) is 0 Å². The molecule has 1 aromatic heterocycles. The van der Waals surface area contributed by atoms with E-state index >= 15 is 0 Å². The van der Waals surface area contributed by atoms with E-state index in [1.165, 1.54) is 0 Å². The maximum absolute atomic E-state index is 13.4. The lowest BCUT2D eigenvalue weighted by Gasteiger charge is -2.40. The van der Waals surface area contributed by atoms with Gasteiger partial charge in [-0.15, -0.1) is 0 Å². The number of hydrogen-bond acceptors (Lipinski definition) is 8. The Labute approximate surface area is 210 Å². The van der Waals surface area contributed by atoms with Crippen LogP contribution in [0.2, 0.25) is 0 Å². The summed E-state index contributed by atoms with van der Waals surface area (Å²) in [5, 5.41) is 4.20. The minimum Gasteiger partial charge on any atom is -0.497 e. The van der Waals surface area contributed by atoms with E-state index in [2.05, 4.69) is 15.0 Å². The smallest absolute Gasteiger partial charge is 0.258 e. The first-order valence-corrected chi connectivity index (χ1v) is 12.3. The van der Waals surface area contributed by atoms with Crippen LogP contribution in [-0.4, -0.2) is 68.0 Å². The second-order valence-electron chi connectivity index (χ2n) is 9.28. The summed E-state index contributed by atoms with van der Waals surface area (Å²) >= 11 is 0. The molecule has 0 aliphatic carbocycles. The van der Waals surface area contributed by atoms with E-state index in [0.29, 0.717) is 62.1 Å². The number of ether oxygens (including phenoxy) is 3. The molecule has 1 atom stereocenters. The van der Waals surface area contributed by atoms with Crippen molar-refractivity contribution in [3.63, 3.8) is 0 Å². The van der Waals surface area contributed by atoms with Gasteiger partial charge < -0.3 is 23.6 Å². The molecule has 0 radical (unpaired) electrons. The van der Waals surface area contributed by atoms with Crippen molar-refractivity contribution in [1.29, 1.82) is 0 Å². The second kappa shape index (κ2) is 10.3. The minimum absolute atomic E-state index is 0.0955. The van der Waals surface area contributed by atoms with Gasteiger partial charge in [0.05, 0.1) is 25.9 Å². The summed E-state index contributed by atoms with van der Waals surface area (Å²) in [6.07, 6.45) is 2.72. The Balaban J connectivity index is 1.25. The molecule has 0 saturated carbocycles. The zero-order valence-corrected chi connectivity index (χ0v) is 21.0. The van der Waals surface area contributed by atoms with Gasteiger partial charge in [-0.3, -0.25) is 9.69 Å². The maximum atomic E-state index is 13.4. The standard InChI is InChI=1S/C27H32N4O5/c1-33-21-16-20(17-22(18-21)34-2)31-12-9-23(25(31)32)30-13-10-27(35-3,11-14-30)26-28-24(29-36-26)15-19-7-5-4-6-8-19/h4-8,16-18,23H,9-15H2,1-3H3. The Hall–Kier alpha value is -3.43. The number of piperidine rings is 1. The Kier molecular flexibility index (Phi) is 6.93. The van der Waals surface area contributed by atoms with Crippen molar-refractivity contribution < 1.29 is 23.5 Å². The van der Waals surface area contributed by atoms with Gasteiger partial charge in [-0.2, -0.15) is 4.98 Å². The first-order chi connectivity index (χ1) is 17.5. The highest BCUT2D eigenvalue weighted by molar-refractivity contribution is 5.99. The van der Waals surface area contributed by atoms with Crippen LogP contribution in [0.3, 0.4) is 0 Å². The predicted molar refractivity (Wildman–Crippen MR) is 133 cm³/mol. The monoisotopic (exact) mass is 492 g/mol. The van der Waals surface area contributed by atoms with Gasteiger partial charge in [-0.25, -0.2) is 0 Å². The van der Waals surface area contributed by atoms with Gasteiger partial charge >= 0.3 is 0 Å². The van der Waals surface area contributed by atoms with Crippen LogP contribution in [0.1, 0.15) is 36.5 Å². The minimum atomic E-state index is -0.639. The molecule has 190 valence electrons. The quantitative estimate of drug-likeness (QED) is 0.473. The van der Waals surface area contributed by atoms with Crippen molar-refractivity contribution in [3.05, 3.63) is 65.8 Å². The first kappa shape index (κ1) is 24.3. The van der Waals surface area contributed by atoms with E-state index in [1.807, 2.05) is 47.4 Å². The zero-order valence-electron chi connectivity index (χ0n) is 21.0. The maximum Gasteiger partial charge on any atom is 0.258 e. The molecular formula is C27H32N4O5. The summed E-state index contributed by atoms with van der Waals surface area (Å²) in [4.78, 5) is 22.2. The normalized spacial score (nSPS) is 20.0. The van der Waals surface area contributed by atoms with Crippen LogP contribution in [-0.2, 0) is 21.6 Å². The number of likely N-dealkylation sites (tertiary alicyclic amines) is 1. The fourth-order valence-corrected chi connectivity index (χ4v) is 5.20. The van der Waals surface area contributed by atoms with Crippen LogP contribution in [0, 0.1) is 0 Å². The van der Waals surface area contributed by atoms with Gasteiger partial charge in [0, 0.05) is 51.4 Å². The predicted octanol–water partition coefficient (Wildman–Crippen LogP) is 3.42. The van der Waals surface area contributed by atoms with Gasteiger partial charge in [-0.1, -0.05) is 35.5 Å². The Morgan fingerprint density at radius 1 is 1.00 bits per heavy atom. The lowest BCUT2D eigenvalue weighted by molar-refractivity contribution is -0.125. The largest absolute Gasteiger partial charge is 0.497 e. The summed E-state index contributed by atoms with van der Waals surface area (Å²) in [7, 11) is 4.91. The summed E-state index contributed by atoms with van der Waals surface area (Å²) in [5.74, 6) is 2.58. The van der Waals surface area contributed by atoms with Crippen LogP contribution in [0.5, 0.6) is 11.5 Å². The highest BCUT2D eigenvalue weighted by Crippen LogP contribution is 2.38. The number of methoxy groups -OCH3 is 3. The summed E-state index contributed by atoms with van der Waals surface area (Å²) in [6, 6.07) is 15.5. The number of amides is 1. The SMILES string of the molecule is COc1cc(OC)cc(N2CCC(N3CCC(OC)(c4nc(Cc5ccccc5)no4)CC3)C2=O)c1. The Bertz CT molecular complexity index is 1170. The average molecular weight is 493 g/mol. The third-order valence-electron chi connectivity index (χ3n) is 7.33. The lowest BCUT2D eigenvalue weighted by atomic mass is 9.90. The fourth-order valence-electron chi connectivity index (χ4n) is 5.20. The van der Waals surface area contributed by atoms with E-state index in [9.17, 15) is 4.79 Å². The molecule has 1 amide bonds. The van der Waals surface area contributed by atoms with Crippen molar-refractivity contribution in [2.75, 3.05) is 45.9 Å². The number of rotatable bonds is 8. The molecule has 9 nitrogen and oxygen atoms in total. The van der Waals surface area contributed by atoms with Gasteiger partial charge in [0.15, 0.2) is 5.82 Å². The number of nitrogens with zero attached hydrogens (tertiary/aromatic N) is 4. The number of carbonyl (C=O) groups is 1. The molecule has 2 aliphatic heterocycles. The van der Waals surface area contributed by atoms with Crippen molar-refractivity contribution in [2.45, 2.75) is 37.3 Å². The summed E-state index contributed by atoms with van der Waals surface area (Å²) in [6.45, 7) is 2.06. The van der Waals surface area contributed by atoms with Crippen LogP contribution in [0.4, 0.5) is 5.69 Å². The lowest BCUT2D eigenvalue weighted by Crippen LogP contribution is -2.50. The molecule has 0 N–H and O–H groups in total. The molecule has 2 aromatic carbocycles. The van der Waals surface area contributed by atoms with E-state index in [-0.39, 0.29) is 11.9 Å². The molecular weight excluding hydrogens is 460 g/mol. The molecule has 2 saturated heterocycles.